The lowest BCUT2D eigenvalue weighted by molar-refractivity contribution is 0.0697. The van der Waals surface area contributed by atoms with E-state index in [9.17, 15) is 13.2 Å². The van der Waals surface area contributed by atoms with Crippen molar-refractivity contribution in [2.75, 3.05) is 0 Å². The van der Waals surface area contributed by atoms with Crippen molar-refractivity contribution in [3.8, 4) is 0 Å². The van der Waals surface area contributed by atoms with Crippen LogP contribution in [-0.2, 0) is 10.0 Å². The Labute approximate surface area is 123 Å². The first-order chi connectivity index (χ1) is 9.22. The number of carboxylic acids is 1. The lowest BCUT2D eigenvalue weighted by Crippen LogP contribution is -2.46. The summed E-state index contributed by atoms with van der Waals surface area (Å²) in [6.45, 7) is 4.13. The maximum absolute atomic E-state index is 12.3. The maximum Gasteiger partial charge on any atom is 0.336 e. The summed E-state index contributed by atoms with van der Waals surface area (Å²) in [5.41, 5.74) is -0.0589. The van der Waals surface area contributed by atoms with Crippen molar-refractivity contribution in [1.82, 2.24) is 4.72 Å². The fraction of sp³-hybridized carbons (Fsp3) is 0.615. The van der Waals surface area contributed by atoms with E-state index in [0.29, 0.717) is 0 Å². The zero-order valence-electron chi connectivity index (χ0n) is 11.5. The van der Waals surface area contributed by atoms with Crippen LogP contribution in [0.15, 0.2) is 15.7 Å². The third-order valence-corrected chi connectivity index (χ3v) is 6.80. The van der Waals surface area contributed by atoms with Crippen molar-refractivity contribution in [3.63, 3.8) is 0 Å². The van der Waals surface area contributed by atoms with Gasteiger partial charge in [-0.15, -0.1) is 11.3 Å². The predicted octanol–water partition coefficient (Wildman–Crippen LogP) is 2.69. The number of carbonyl (C=O) groups is 1. The van der Waals surface area contributed by atoms with E-state index in [4.69, 9.17) is 5.11 Å². The molecule has 0 aromatic carbocycles. The Morgan fingerprint density at radius 1 is 1.45 bits per heavy atom. The zero-order chi connectivity index (χ0) is 15.0. The SMILES string of the molecule is CC1(C)CCCCC1NS(=O)(=O)c1cc(C(=O)O)cs1. The summed E-state index contributed by atoms with van der Waals surface area (Å²) in [5, 5.41) is 10.2. The van der Waals surface area contributed by atoms with E-state index in [-0.39, 0.29) is 21.2 Å². The van der Waals surface area contributed by atoms with Gasteiger partial charge in [0.2, 0.25) is 10.0 Å². The molecule has 1 aliphatic rings. The summed E-state index contributed by atoms with van der Waals surface area (Å²) in [6.07, 6.45) is 3.95. The van der Waals surface area contributed by atoms with Crippen LogP contribution < -0.4 is 4.72 Å². The molecule has 2 N–H and O–H groups in total. The first-order valence-electron chi connectivity index (χ1n) is 6.56. The van der Waals surface area contributed by atoms with Gasteiger partial charge in [0.15, 0.2) is 0 Å². The highest BCUT2D eigenvalue weighted by molar-refractivity contribution is 7.91. The third kappa shape index (κ3) is 3.21. The normalized spacial score (nSPS) is 22.6. The molecule has 5 nitrogen and oxygen atoms in total. The van der Waals surface area contributed by atoms with Crippen LogP contribution in [0.2, 0.25) is 0 Å². The van der Waals surface area contributed by atoms with Crippen LogP contribution in [0.4, 0.5) is 0 Å². The number of aromatic carboxylic acids is 1. The number of nitrogens with one attached hydrogen (secondary N) is 1. The Bertz CT molecular complexity index is 604. The highest BCUT2D eigenvalue weighted by Gasteiger charge is 2.35. The molecule has 7 heteroatoms. The molecule has 1 fully saturated rings. The average molecular weight is 317 g/mol. The van der Waals surface area contributed by atoms with Gasteiger partial charge in [0.05, 0.1) is 5.56 Å². The Morgan fingerprint density at radius 3 is 2.70 bits per heavy atom. The van der Waals surface area contributed by atoms with E-state index in [1.54, 1.807) is 0 Å². The summed E-state index contributed by atoms with van der Waals surface area (Å²) in [7, 11) is -3.64. The minimum atomic E-state index is -3.64. The van der Waals surface area contributed by atoms with Crippen molar-refractivity contribution in [3.05, 3.63) is 17.0 Å². The minimum Gasteiger partial charge on any atom is -0.478 e. The topological polar surface area (TPSA) is 83.5 Å². The highest BCUT2D eigenvalue weighted by Crippen LogP contribution is 2.36. The molecule has 1 saturated carbocycles. The van der Waals surface area contributed by atoms with Crippen LogP contribution in [0, 0.1) is 5.41 Å². The molecule has 112 valence electrons. The lowest BCUT2D eigenvalue weighted by Gasteiger charge is -2.38. The second kappa shape index (κ2) is 5.46. The van der Waals surface area contributed by atoms with Crippen LogP contribution >= 0.6 is 11.3 Å². The van der Waals surface area contributed by atoms with Crippen molar-refractivity contribution in [2.45, 2.75) is 49.8 Å². The van der Waals surface area contributed by atoms with Gasteiger partial charge in [-0.2, -0.15) is 0 Å². The number of hydrogen-bond acceptors (Lipinski definition) is 4. The smallest absolute Gasteiger partial charge is 0.336 e. The Kier molecular flexibility index (Phi) is 4.22. The molecule has 0 saturated heterocycles. The van der Waals surface area contributed by atoms with Crippen LogP contribution in [0.3, 0.4) is 0 Å². The van der Waals surface area contributed by atoms with Crippen molar-refractivity contribution in [2.24, 2.45) is 5.41 Å². The summed E-state index contributed by atoms with van der Waals surface area (Å²) in [5.74, 6) is -1.11. The Hall–Kier alpha value is -0.920. The molecule has 2 rings (SSSR count). The molecule has 1 heterocycles. The molecule has 0 aliphatic heterocycles. The van der Waals surface area contributed by atoms with E-state index in [1.165, 1.54) is 11.4 Å². The second-order valence-electron chi connectivity index (χ2n) is 5.87. The average Bonchev–Trinajstić information content (AvgIpc) is 2.82. The number of hydrogen-bond donors (Lipinski definition) is 2. The van der Waals surface area contributed by atoms with Gasteiger partial charge in [-0.05, 0) is 24.3 Å². The van der Waals surface area contributed by atoms with Gasteiger partial charge in [0.25, 0.3) is 0 Å². The van der Waals surface area contributed by atoms with Gasteiger partial charge < -0.3 is 5.11 Å². The maximum atomic E-state index is 12.3. The second-order valence-corrected chi connectivity index (χ2v) is 8.72. The Morgan fingerprint density at radius 2 is 2.15 bits per heavy atom. The van der Waals surface area contributed by atoms with E-state index in [1.807, 2.05) is 0 Å². The molecule has 1 unspecified atom stereocenters. The van der Waals surface area contributed by atoms with Crippen LogP contribution in [-0.4, -0.2) is 25.5 Å². The number of rotatable bonds is 4. The third-order valence-electron chi connectivity index (χ3n) is 3.89. The molecular weight excluding hydrogens is 298 g/mol. The summed E-state index contributed by atoms with van der Waals surface area (Å²) in [4.78, 5) is 10.8. The quantitative estimate of drug-likeness (QED) is 0.894. The van der Waals surface area contributed by atoms with Crippen LogP contribution in [0.5, 0.6) is 0 Å². The molecule has 0 spiro atoms. The minimum absolute atomic E-state index is 0.0123. The van der Waals surface area contributed by atoms with E-state index in [2.05, 4.69) is 18.6 Å². The molecule has 0 radical (unpaired) electrons. The molecule has 0 bridgehead atoms. The fourth-order valence-electron chi connectivity index (χ4n) is 2.53. The molecule has 1 aliphatic carbocycles. The summed E-state index contributed by atoms with van der Waals surface area (Å²) < 4.78 is 27.5. The highest BCUT2D eigenvalue weighted by atomic mass is 32.2. The fourth-order valence-corrected chi connectivity index (χ4v) is 5.14. The molecule has 1 aromatic heterocycles. The zero-order valence-corrected chi connectivity index (χ0v) is 13.2. The number of sulfonamides is 1. The summed E-state index contributed by atoms with van der Waals surface area (Å²) >= 11 is 0.942. The molecule has 1 atom stereocenters. The summed E-state index contributed by atoms with van der Waals surface area (Å²) in [6, 6.07) is 1.11. The first-order valence-corrected chi connectivity index (χ1v) is 8.93. The first kappa shape index (κ1) is 15.5. The van der Waals surface area contributed by atoms with Crippen LogP contribution in [0.25, 0.3) is 0 Å². The lowest BCUT2D eigenvalue weighted by atomic mass is 9.74. The molecule has 0 amide bonds. The van der Waals surface area contributed by atoms with Gasteiger partial charge in [0, 0.05) is 11.4 Å². The largest absolute Gasteiger partial charge is 0.478 e. The van der Waals surface area contributed by atoms with E-state index >= 15 is 0 Å². The molecule has 1 aromatic rings. The van der Waals surface area contributed by atoms with Gasteiger partial charge in [-0.3, -0.25) is 0 Å². The molecule has 20 heavy (non-hydrogen) atoms. The number of thiophene rings is 1. The van der Waals surface area contributed by atoms with Gasteiger partial charge >= 0.3 is 5.97 Å². The van der Waals surface area contributed by atoms with Gasteiger partial charge in [0.1, 0.15) is 4.21 Å². The predicted molar refractivity (Wildman–Crippen MR) is 77.6 cm³/mol. The van der Waals surface area contributed by atoms with Crippen molar-refractivity contribution < 1.29 is 18.3 Å². The Balaban J connectivity index is 2.20. The van der Waals surface area contributed by atoms with Crippen molar-refractivity contribution in [1.29, 1.82) is 0 Å². The number of carboxylic acid groups (broad SMARTS) is 1. The monoisotopic (exact) mass is 317 g/mol. The molecular formula is C13H19NO4S2. The van der Waals surface area contributed by atoms with Crippen LogP contribution in [0.1, 0.15) is 49.9 Å². The van der Waals surface area contributed by atoms with Crippen molar-refractivity contribution >= 4 is 27.3 Å². The van der Waals surface area contributed by atoms with Gasteiger partial charge in [-0.1, -0.05) is 26.7 Å². The standard InChI is InChI=1S/C13H19NO4S2/c1-13(2)6-4-3-5-10(13)14-20(17,18)11-7-9(8-19-11)12(15)16/h7-8,10,14H,3-6H2,1-2H3,(H,15,16). The van der Waals surface area contributed by atoms with E-state index < -0.39 is 16.0 Å². The van der Waals surface area contributed by atoms with Gasteiger partial charge in [-0.25, -0.2) is 17.9 Å². The van der Waals surface area contributed by atoms with E-state index in [0.717, 1.165) is 37.0 Å².